The van der Waals surface area contributed by atoms with E-state index >= 15 is 0 Å². The van der Waals surface area contributed by atoms with Crippen molar-refractivity contribution >= 4 is 63.2 Å². The van der Waals surface area contributed by atoms with E-state index < -0.39 is 35.6 Å². The maximum Gasteiger partial charge on any atom is 0.255 e. The lowest BCUT2D eigenvalue weighted by Gasteiger charge is -2.35. The van der Waals surface area contributed by atoms with Crippen LogP contribution in [0.1, 0.15) is 72.4 Å². The van der Waals surface area contributed by atoms with Crippen LogP contribution < -0.4 is 20.9 Å². The van der Waals surface area contributed by atoms with Gasteiger partial charge in [-0.05, 0) is 58.4 Å². The van der Waals surface area contributed by atoms with Gasteiger partial charge in [0.2, 0.25) is 17.7 Å². The molecule has 0 spiro atoms. The molecule has 77 heavy (non-hydrogen) atoms. The number of β-amino-alcohol motifs (C(OH)–C–C–N with tert-alkyl or cyclic N) is 1. The molecule has 0 radical (unpaired) electrons. The Kier molecular flexibility index (Phi) is 17.8. The van der Waals surface area contributed by atoms with Crippen LogP contribution in [0.25, 0.3) is 21.6 Å². The number of benzene rings is 3. The van der Waals surface area contributed by atoms with Crippen molar-refractivity contribution in [2.75, 3.05) is 75.9 Å². The van der Waals surface area contributed by atoms with Crippen LogP contribution in [0.15, 0.2) is 108 Å². The molecule has 0 aliphatic carbocycles. The van der Waals surface area contributed by atoms with Crippen LogP contribution in [-0.2, 0) is 41.7 Å². The molecule has 20 heteroatoms. The Labute approximate surface area is 456 Å². The molecule has 5 amide bonds. The van der Waals surface area contributed by atoms with E-state index in [1.807, 2.05) is 124 Å². The smallest absolute Gasteiger partial charge is 0.255 e. The van der Waals surface area contributed by atoms with Crippen molar-refractivity contribution in [3.05, 3.63) is 136 Å². The SMILES string of the molecule is Cc1ncsc1-c1ccc(CNC(=O)[C@@H]2C[C@@H](O)CN2C(=O)[C@@H](NC(=O)CCOCCOCCN2CCN(c3ccc(-c4ccc5c(c4)C(=O)N(C(C(=O)Nc4nccs4)c4ccccc4)C5)cn3)CC2)C(C)(C)C)cc1. The van der Waals surface area contributed by atoms with Gasteiger partial charge in [-0.2, -0.15) is 0 Å². The number of likely N-dealkylation sites (tertiary alicyclic amines) is 1. The number of anilines is 2. The van der Waals surface area contributed by atoms with Gasteiger partial charge in [0.15, 0.2) is 5.13 Å². The average Bonchev–Trinajstić information content (AvgIpc) is 4.30. The summed E-state index contributed by atoms with van der Waals surface area (Å²) >= 11 is 2.90. The van der Waals surface area contributed by atoms with Crippen molar-refractivity contribution in [1.29, 1.82) is 0 Å². The number of aliphatic hydroxyl groups is 1. The summed E-state index contributed by atoms with van der Waals surface area (Å²) in [6.45, 7) is 13.5. The number of hydrogen-bond donors (Lipinski definition) is 4. The Bertz CT molecular complexity index is 2980. The summed E-state index contributed by atoms with van der Waals surface area (Å²) in [7, 11) is 0. The number of hydrogen-bond acceptors (Lipinski definition) is 15. The third-order valence-electron chi connectivity index (χ3n) is 14.2. The van der Waals surface area contributed by atoms with Gasteiger partial charge in [0, 0.05) is 94.1 Å². The lowest BCUT2D eigenvalue weighted by atomic mass is 9.85. The van der Waals surface area contributed by atoms with Gasteiger partial charge in [0.1, 0.15) is 23.9 Å². The minimum absolute atomic E-state index is 0.00349. The third kappa shape index (κ3) is 13.6. The average molecular weight is 1080 g/mol. The quantitative estimate of drug-likeness (QED) is 0.0582. The lowest BCUT2D eigenvalue weighted by Crippen LogP contribution is -2.57. The molecule has 3 aromatic heterocycles. The molecule has 2 saturated heterocycles. The number of piperazine rings is 1. The summed E-state index contributed by atoms with van der Waals surface area (Å²) in [5.74, 6) is -0.765. The second kappa shape index (κ2) is 25.0. The van der Waals surface area contributed by atoms with E-state index in [9.17, 15) is 29.1 Å². The fraction of sp³-hybridized carbons (Fsp3) is 0.404. The van der Waals surface area contributed by atoms with Crippen molar-refractivity contribution in [3.8, 4) is 21.6 Å². The van der Waals surface area contributed by atoms with Crippen LogP contribution in [0.5, 0.6) is 0 Å². The van der Waals surface area contributed by atoms with E-state index in [2.05, 4.69) is 35.7 Å². The Hall–Kier alpha value is -6.94. The predicted molar refractivity (Wildman–Crippen MR) is 296 cm³/mol. The summed E-state index contributed by atoms with van der Waals surface area (Å²) in [6.07, 6.45) is 2.75. The van der Waals surface area contributed by atoms with Gasteiger partial charge >= 0.3 is 0 Å². The van der Waals surface area contributed by atoms with E-state index in [4.69, 9.17) is 14.5 Å². The highest BCUT2D eigenvalue weighted by Crippen LogP contribution is 2.36. The fourth-order valence-electron chi connectivity index (χ4n) is 9.92. The van der Waals surface area contributed by atoms with Gasteiger partial charge in [-0.15, -0.1) is 22.7 Å². The molecule has 6 aromatic rings. The number of aliphatic hydroxyl groups excluding tert-OH is 1. The highest BCUT2D eigenvalue weighted by Gasteiger charge is 2.44. The molecule has 2 fully saturated rings. The first kappa shape index (κ1) is 54.8. The molecule has 4 atom stereocenters. The Morgan fingerprint density at radius 1 is 0.844 bits per heavy atom. The van der Waals surface area contributed by atoms with Gasteiger partial charge in [-0.3, -0.25) is 34.2 Å². The normalized spacial score (nSPS) is 17.5. The number of nitrogens with one attached hydrogen (secondary N) is 3. The van der Waals surface area contributed by atoms with E-state index in [1.54, 1.807) is 27.8 Å². The van der Waals surface area contributed by atoms with Crippen molar-refractivity contribution in [3.63, 3.8) is 0 Å². The molecular formula is C57H66N10O8S2. The second-order valence-corrected chi connectivity index (χ2v) is 22.3. The lowest BCUT2D eigenvalue weighted by molar-refractivity contribution is -0.144. The van der Waals surface area contributed by atoms with Crippen LogP contribution in [0.3, 0.4) is 0 Å². The van der Waals surface area contributed by atoms with Crippen LogP contribution in [0, 0.1) is 12.3 Å². The van der Waals surface area contributed by atoms with E-state index in [0.29, 0.717) is 37.1 Å². The van der Waals surface area contributed by atoms with Crippen molar-refractivity contribution < 1.29 is 38.6 Å². The maximum absolute atomic E-state index is 14.0. The highest BCUT2D eigenvalue weighted by molar-refractivity contribution is 7.14. The minimum atomic E-state index is -0.928. The summed E-state index contributed by atoms with van der Waals surface area (Å²) < 4.78 is 11.6. The summed E-state index contributed by atoms with van der Waals surface area (Å²) in [5, 5.41) is 21.6. The second-order valence-electron chi connectivity index (χ2n) is 20.6. The number of aromatic nitrogens is 3. The number of fused-ring (bicyclic) bond motifs is 1. The fourth-order valence-corrected chi connectivity index (χ4v) is 11.3. The minimum Gasteiger partial charge on any atom is -0.391 e. The Balaban J connectivity index is 0.662. The van der Waals surface area contributed by atoms with E-state index in [1.165, 1.54) is 16.2 Å². The highest BCUT2D eigenvalue weighted by atomic mass is 32.1. The van der Waals surface area contributed by atoms with Crippen molar-refractivity contribution in [2.24, 2.45) is 5.41 Å². The van der Waals surface area contributed by atoms with Gasteiger partial charge in [0.25, 0.3) is 11.8 Å². The van der Waals surface area contributed by atoms with Gasteiger partial charge in [0.05, 0.1) is 48.6 Å². The van der Waals surface area contributed by atoms with Gasteiger partial charge in [-0.1, -0.05) is 87.5 Å². The van der Waals surface area contributed by atoms with Gasteiger partial charge in [-0.25, -0.2) is 15.0 Å². The van der Waals surface area contributed by atoms with Crippen molar-refractivity contribution in [1.82, 2.24) is 40.3 Å². The zero-order chi connectivity index (χ0) is 54.1. The molecule has 0 saturated carbocycles. The monoisotopic (exact) mass is 1080 g/mol. The van der Waals surface area contributed by atoms with Crippen LogP contribution in [0.4, 0.5) is 10.9 Å². The number of amides is 5. The molecule has 3 aliphatic heterocycles. The number of nitrogens with zero attached hydrogens (tertiary/aromatic N) is 7. The van der Waals surface area contributed by atoms with Gasteiger partial charge < -0.3 is 39.9 Å². The summed E-state index contributed by atoms with van der Waals surface area (Å²) in [6, 6.07) is 24.5. The molecule has 3 aliphatic rings. The number of carbonyl (C=O) groups is 5. The first-order chi connectivity index (χ1) is 37.2. The predicted octanol–water partition coefficient (Wildman–Crippen LogP) is 6.33. The number of thiazole rings is 2. The third-order valence-corrected chi connectivity index (χ3v) is 15.8. The number of rotatable bonds is 21. The topological polar surface area (TPSA) is 212 Å². The zero-order valence-electron chi connectivity index (χ0n) is 43.9. The molecule has 4 N–H and O–H groups in total. The standard InChI is InChI=1S/C57H66N10O8S2/c1-37-50(77-36-61-37)40-12-10-38(11-13-40)32-60-52(70)46-31-44(68)35-66(46)55(73)51(57(2,3)4)62-48(69)18-25-74-27-28-75-26-24-64-20-22-65(23-21-64)47-17-16-42(33-59-47)41-14-15-43-34-67(54(72)45(43)30-41)49(39-8-6-5-7-9-39)53(71)63-56-58-19-29-76-56/h5-17,19,29-30,33,36,44,46,49,51,68H,18,20-28,31-32,34-35H2,1-4H3,(H,60,70)(H,62,69)(H,58,63,71)/t44-,46+,49?,51-/m1/s1. The number of ether oxygens (including phenoxy) is 2. The summed E-state index contributed by atoms with van der Waals surface area (Å²) in [4.78, 5) is 90.3. The van der Waals surface area contributed by atoms with Crippen LogP contribution in [-0.4, -0.2) is 148 Å². The molecule has 3 aromatic carbocycles. The molecular weight excluding hydrogens is 1020 g/mol. The molecule has 9 rings (SSSR count). The summed E-state index contributed by atoms with van der Waals surface area (Å²) in [5.41, 5.74) is 7.97. The Morgan fingerprint density at radius 2 is 1.58 bits per heavy atom. The molecule has 1 unspecified atom stereocenters. The van der Waals surface area contributed by atoms with Crippen LogP contribution >= 0.6 is 22.7 Å². The van der Waals surface area contributed by atoms with Crippen LogP contribution in [0.2, 0.25) is 0 Å². The first-order valence-corrected chi connectivity index (χ1v) is 27.8. The van der Waals surface area contributed by atoms with E-state index in [-0.39, 0.29) is 56.2 Å². The van der Waals surface area contributed by atoms with E-state index in [0.717, 1.165) is 82.5 Å². The Morgan fingerprint density at radius 3 is 2.27 bits per heavy atom. The first-order valence-electron chi connectivity index (χ1n) is 26.0. The number of carbonyl (C=O) groups excluding carboxylic acids is 5. The molecule has 0 bridgehead atoms. The molecule has 18 nitrogen and oxygen atoms in total. The van der Waals surface area contributed by atoms with Crippen molar-refractivity contribution in [2.45, 2.75) is 77.9 Å². The molecule has 6 heterocycles. The number of pyridine rings is 1. The molecule has 404 valence electrons. The number of aryl methyl sites for hydroxylation is 1. The maximum atomic E-state index is 14.0. The zero-order valence-corrected chi connectivity index (χ0v) is 45.5. The largest absolute Gasteiger partial charge is 0.391 e.